The van der Waals surface area contributed by atoms with Gasteiger partial charge in [-0.1, -0.05) is 144 Å². The van der Waals surface area contributed by atoms with Crippen molar-refractivity contribution in [2.75, 3.05) is 0 Å². The first-order chi connectivity index (χ1) is 29.3. The summed E-state index contributed by atoms with van der Waals surface area (Å²) < 4.78 is 6.65. The Balaban J connectivity index is 1.03. The highest BCUT2D eigenvalue weighted by atomic mass is 16.3. The van der Waals surface area contributed by atoms with E-state index in [-0.39, 0.29) is 0 Å². The number of nitrogens with zero attached hydrogens (tertiary/aromatic N) is 3. The monoisotopic (exact) mass is 761 g/mol. The van der Waals surface area contributed by atoms with Gasteiger partial charge in [0.25, 0.3) is 0 Å². The van der Waals surface area contributed by atoms with Crippen LogP contribution in [0.3, 0.4) is 0 Å². The van der Waals surface area contributed by atoms with Crippen LogP contribution in [0, 0.1) is 0 Å². The molecule has 0 atom stereocenters. The van der Waals surface area contributed by atoms with E-state index in [9.17, 15) is 0 Å². The first-order valence-electron chi connectivity index (χ1n) is 20.6. The van der Waals surface area contributed by atoms with Crippen LogP contribution in [0.4, 0.5) is 0 Å². The number of hydrogen-bond donors (Lipinski definition) is 0. The van der Waals surface area contributed by atoms with Gasteiger partial charge in [-0.2, -0.15) is 0 Å². The van der Waals surface area contributed by atoms with Gasteiger partial charge in [0.05, 0.1) is 0 Å². The first kappa shape index (κ1) is 36.0. The predicted molar refractivity (Wildman–Crippen MR) is 268 cm³/mol. The van der Waals surface area contributed by atoms with E-state index in [1.165, 1.54) is 70.8 Å². The predicted octanol–water partition coefficient (Wildman–Crippen LogP) is 4.86. The molecule has 0 amide bonds. The molecule has 4 nitrogen and oxygen atoms in total. The van der Waals surface area contributed by atoms with E-state index in [0.717, 1.165) is 49.8 Å². The molecule has 0 bridgehead atoms. The lowest BCUT2D eigenvalue weighted by atomic mass is 9.59. The van der Waals surface area contributed by atoms with Crippen LogP contribution < -0.4 is 27.3 Å². The molecule has 0 unspecified atom stereocenters. The molecule has 0 fully saturated rings. The summed E-state index contributed by atoms with van der Waals surface area (Å²) in [6.45, 7) is 0. The molecule has 276 valence electrons. The van der Waals surface area contributed by atoms with Gasteiger partial charge in [-0.3, -0.25) is 0 Å². The zero-order chi connectivity index (χ0) is 40.6. The number of furan rings is 1. The molecule has 2 aromatic heterocycles. The van der Waals surface area contributed by atoms with Crippen LogP contribution in [0.25, 0.3) is 111 Å². The minimum atomic E-state index is 0.593. The summed E-state index contributed by atoms with van der Waals surface area (Å²) >= 11 is 0. The Morgan fingerprint density at radius 3 is 1.42 bits per heavy atom. The molecule has 0 N–H and O–H groups in total. The summed E-state index contributed by atoms with van der Waals surface area (Å²) in [5, 5.41) is 9.71. The summed E-state index contributed by atoms with van der Waals surface area (Å²) in [6, 6.07) is 55.8. The van der Waals surface area contributed by atoms with E-state index in [1.54, 1.807) is 0 Å². The molecule has 9 aromatic carbocycles. The standard InChI is InChI=1S/C51H36B5N3O/c52-44-42(45(53)47(55)48(56)46(44)54)27-17-19-29(20-18-27)50-57-49(28-9-2-1-3-10-28)58-51(59-50)31-22-24-38-41(26-31)60-40-16-8-15-32(43(38)40)30-21-23-37-35-13-5-4-11-33(35)34-12-6-7-14-36(34)39(37)25-30/h1-26H,52-56H2. The average Bonchev–Trinajstić information content (AvgIpc) is 3.69. The number of benzene rings is 9. The molecule has 11 rings (SSSR count). The third-order valence-electron chi connectivity index (χ3n) is 12.9. The van der Waals surface area contributed by atoms with Crippen molar-refractivity contribution in [1.82, 2.24) is 15.0 Å². The third-order valence-corrected chi connectivity index (χ3v) is 12.9. The molecule has 0 aliphatic rings. The number of hydrogen-bond acceptors (Lipinski definition) is 4. The van der Waals surface area contributed by atoms with Gasteiger partial charge in [-0.25, -0.2) is 15.0 Å². The molecule has 0 aliphatic carbocycles. The third kappa shape index (κ3) is 5.72. The van der Waals surface area contributed by atoms with Crippen molar-refractivity contribution < 1.29 is 4.42 Å². The maximum Gasteiger partial charge on any atom is 0.164 e. The highest BCUT2D eigenvalue weighted by molar-refractivity contribution is 6.68. The zero-order valence-electron chi connectivity index (χ0n) is 34.3. The molecule has 0 spiro atoms. The van der Waals surface area contributed by atoms with Gasteiger partial charge >= 0.3 is 0 Å². The molecule has 2 heterocycles. The van der Waals surface area contributed by atoms with Gasteiger partial charge in [0.2, 0.25) is 0 Å². The maximum absolute atomic E-state index is 6.65. The minimum absolute atomic E-state index is 0.593. The van der Waals surface area contributed by atoms with Crippen molar-refractivity contribution in [2.45, 2.75) is 0 Å². The van der Waals surface area contributed by atoms with Crippen molar-refractivity contribution in [1.29, 1.82) is 0 Å². The van der Waals surface area contributed by atoms with Gasteiger partial charge in [0.15, 0.2) is 17.5 Å². The summed E-state index contributed by atoms with van der Waals surface area (Å²) in [4.78, 5) is 15.2. The lowest BCUT2D eigenvalue weighted by Crippen LogP contribution is -2.55. The Kier molecular flexibility index (Phi) is 8.42. The summed E-state index contributed by atoms with van der Waals surface area (Å²) in [5.74, 6) is 1.84. The van der Waals surface area contributed by atoms with Crippen LogP contribution >= 0.6 is 0 Å². The highest BCUT2D eigenvalue weighted by Crippen LogP contribution is 2.41. The Labute approximate surface area is 352 Å². The van der Waals surface area contributed by atoms with E-state index in [0.29, 0.717) is 17.5 Å². The highest BCUT2D eigenvalue weighted by Gasteiger charge is 2.19. The molecular weight excluding hydrogens is 725 g/mol. The maximum atomic E-state index is 6.65. The molecule has 60 heavy (non-hydrogen) atoms. The minimum Gasteiger partial charge on any atom is -0.456 e. The topological polar surface area (TPSA) is 51.8 Å². The molecule has 0 saturated heterocycles. The lowest BCUT2D eigenvalue weighted by molar-refractivity contribution is 0.669. The Bertz CT molecular complexity index is 3490. The van der Waals surface area contributed by atoms with Crippen LogP contribution in [0.5, 0.6) is 0 Å². The number of fused-ring (bicyclic) bond motifs is 9. The van der Waals surface area contributed by atoms with Crippen molar-refractivity contribution >= 4 is 121 Å². The fourth-order valence-electron chi connectivity index (χ4n) is 9.35. The normalized spacial score (nSPS) is 11.7. The molecule has 9 heteroatoms. The summed E-state index contributed by atoms with van der Waals surface area (Å²) in [7, 11) is 11.1. The fraction of sp³-hybridized carbons (Fsp3) is 0. The Morgan fingerprint density at radius 2 is 0.783 bits per heavy atom. The van der Waals surface area contributed by atoms with E-state index in [1.807, 2.05) is 30.3 Å². The first-order valence-corrected chi connectivity index (χ1v) is 20.6. The van der Waals surface area contributed by atoms with E-state index in [2.05, 4.69) is 167 Å². The SMILES string of the molecule is Bc1c(B)c(B)c(-c2ccc(-c3nc(-c4ccccc4)nc(-c4ccc5c(c4)oc4cccc(-c6ccc7c8ccccc8c8ccccc8c7c6)c45)n3)cc2)c(B)c1B. The van der Waals surface area contributed by atoms with Crippen molar-refractivity contribution in [3.05, 3.63) is 158 Å². The molecular formula is C51H36B5N3O. The second kappa shape index (κ2) is 14.0. The van der Waals surface area contributed by atoms with E-state index >= 15 is 0 Å². The van der Waals surface area contributed by atoms with Gasteiger partial charge < -0.3 is 4.42 Å². The quantitative estimate of drug-likeness (QED) is 0.186. The van der Waals surface area contributed by atoms with Crippen LogP contribution in [-0.2, 0) is 0 Å². The summed E-state index contributed by atoms with van der Waals surface area (Å²) in [6.07, 6.45) is 0. The molecule has 0 radical (unpaired) electrons. The second-order valence-corrected chi connectivity index (χ2v) is 16.1. The van der Waals surface area contributed by atoms with Gasteiger partial charge in [0, 0.05) is 27.5 Å². The smallest absolute Gasteiger partial charge is 0.164 e. The van der Waals surface area contributed by atoms with Crippen LogP contribution in [0.2, 0.25) is 0 Å². The lowest BCUT2D eigenvalue weighted by Gasteiger charge is -2.20. The van der Waals surface area contributed by atoms with Crippen LogP contribution in [0.15, 0.2) is 162 Å². The van der Waals surface area contributed by atoms with Crippen molar-refractivity contribution in [3.63, 3.8) is 0 Å². The molecule has 0 saturated carbocycles. The number of rotatable bonds is 5. The Morgan fingerprint density at radius 1 is 0.317 bits per heavy atom. The van der Waals surface area contributed by atoms with Crippen molar-refractivity contribution in [2.24, 2.45) is 0 Å². The fourth-order valence-corrected chi connectivity index (χ4v) is 9.35. The number of aromatic nitrogens is 3. The Hall–Kier alpha value is -7.11. The average molecular weight is 761 g/mol. The summed E-state index contributed by atoms with van der Waals surface area (Å²) in [5.41, 5.74) is 15.8. The van der Waals surface area contributed by atoms with Gasteiger partial charge in [-0.15, -0.1) is 16.4 Å². The van der Waals surface area contributed by atoms with Gasteiger partial charge in [0.1, 0.15) is 50.4 Å². The second-order valence-electron chi connectivity index (χ2n) is 16.1. The largest absolute Gasteiger partial charge is 0.456 e. The molecule has 0 aliphatic heterocycles. The van der Waals surface area contributed by atoms with Crippen molar-refractivity contribution in [3.8, 4) is 56.4 Å². The zero-order valence-corrected chi connectivity index (χ0v) is 34.3. The van der Waals surface area contributed by atoms with Gasteiger partial charge in [-0.05, 0) is 78.8 Å². The molecule has 11 aromatic rings. The van der Waals surface area contributed by atoms with Crippen LogP contribution in [-0.4, -0.2) is 54.2 Å². The van der Waals surface area contributed by atoms with E-state index in [4.69, 9.17) is 19.4 Å². The van der Waals surface area contributed by atoms with Crippen LogP contribution in [0.1, 0.15) is 0 Å². The van der Waals surface area contributed by atoms with E-state index < -0.39 is 0 Å².